The van der Waals surface area contributed by atoms with Gasteiger partial charge in [-0.25, -0.2) is 0 Å². The third-order valence-corrected chi connectivity index (χ3v) is 8.15. The van der Waals surface area contributed by atoms with E-state index in [2.05, 4.69) is 70.3 Å². The SMILES string of the molecule is CC(C)(C)[Si](C)(C)Oc1cccc2[cH-]ccc12.[Zr]. The molecule has 0 saturated carbocycles. The second kappa shape index (κ2) is 5.38. The second-order valence-corrected chi connectivity index (χ2v) is 10.9. The summed E-state index contributed by atoms with van der Waals surface area (Å²) in [6, 6.07) is 12.6. The molecule has 1 nitrogen and oxygen atoms in total. The van der Waals surface area contributed by atoms with E-state index in [0.717, 1.165) is 5.75 Å². The molecule has 0 bridgehead atoms. The summed E-state index contributed by atoms with van der Waals surface area (Å²) >= 11 is 0. The van der Waals surface area contributed by atoms with Crippen molar-refractivity contribution in [3.63, 3.8) is 0 Å². The maximum absolute atomic E-state index is 6.38. The Morgan fingerprint density at radius 2 is 1.78 bits per heavy atom. The minimum absolute atomic E-state index is 0. The first-order chi connectivity index (χ1) is 7.81. The van der Waals surface area contributed by atoms with E-state index < -0.39 is 8.32 Å². The van der Waals surface area contributed by atoms with Gasteiger partial charge in [0.2, 0.25) is 8.32 Å². The molecular weight excluding hydrogens is 315 g/mol. The largest absolute Gasteiger partial charge is 0.551 e. The van der Waals surface area contributed by atoms with Crippen LogP contribution in [-0.4, -0.2) is 8.32 Å². The summed E-state index contributed by atoms with van der Waals surface area (Å²) in [5.41, 5.74) is 0. The van der Waals surface area contributed by atoms with Crippen LogP contribution in [0.15, 0.2) is 36.4 Å². The van der Waals surface area contributed by atoms with Gasteiger partial charge in [-0.1, -0.05) is 20.8 Å². The van der Waals surface area contributed by atoms with Crippen LogP contribution in [0.1, 0.15) is 20.8 Å². The molecule has 0 radical (unpaired) electrons. The molecule has 0 unspecified atom stereocenters. The fourth-order valence-corrected chi connectivity index (χ4v) is 2.68. The Hall–Kier alpha value is -0.270. The van der Waals surface area contributed by atoms with Gasteiger partial charge in [0.05, 0.1) is 5.75 Å². The topological polar surface area (TPSA) is 9.23 Å². The van der Waals surface area contributed by atoms with E-state index in [1.165, 1.54) is 10.8 Å². The Balaban J connectivity index is 0.00000162. The molecule has 0 N–H and O–H groups in total. The molecule has 0 heterocycles. The van der Waals surface area contributed by atoms with Crippen LogP contribution < -0.4 is 4.43 Å². The van der Waals surface area contributed by atoms with Gasteiger partial charge in [-0.15, -0.1) is 29.0 Å². The van der Waals surface area contributed by atoms with Crippen LogP contribution >= 0.6 is 0 Å². The van der Waals surface area contributed by atoms with Crippen molar-refractivity contribution in [3.8, 4) is 5.75 Å². The zero-order valence-corrected chi connectivity index (χ0v) is 15.3. The van der Waals surface area contributed by atoms with Gasteiger partial charge in [0.15, 0.2) is 0 Å². The average Bonchev–Trinajstić information content (AvgIpc) is 2.64. The molecule has 0 amide bonds. The first kappa shape index (κ1) is 15.8. The predicted molar refractivity (Wildman–Crippen MR) is 77.4 cm³/mol. The van der Waals surface area contributed by atoms with Gasteiger partial charge in [-0.2, -0.15) is 12.1 Å². The minimum Gasteiger partial charge on any atom is -0.551 e. The minimum atomic E-state index is -1.74. The maximum atomic E-state index is 6.38. The van der Waals surface area contributed by atoms with E-state index >= 15 is 0 Å². The van der Waals surface area contributed by atoms with E-state index in [0.29, 0.717) is 0 Å². The Morgan fingerprint density at radius 1 is 1.11 bits per heavy atom. The average molecular weight is 337 g/mol. The molecule has 96 valence electrons. The molecule has 0 fully saturated rings. The Labute approximate surface area is 130 Å². The van der Waals surface area contributed by atoms with Crippen LogP contribution in [0.5, 0.6) is 5.75 Å². The van der Waals surface area contributed by atoms with Crippen molar-refractivity contribution in [2.45, 2.75) is 38.9 Å². The molecule has 18 heavy (non-hydrogen) atoms. The molecule has 0 aliphatic rings. The molecule has 0 saturated heterocycles. The normalized spacial score (nSPS) is 12.3. The molecule has 3 heteroatoms. The van der Waals surface area contributed by atoms with Gasteiger partial charge in [0.1, 0.15) is 0 Å². The Bertz CT molecular complexity index is 523. The molecule has 0 atom stereocenters. The molecule has 2 rings (SSSR count). The quantitative estimate of drug-likeness (QED) is 0.557. The van der Waals surface area contributed by atoms with Gasteiger partial charge < -0.3 is 4.43 Å². The van der Waals surface area contributed by atoms with E-state index in [1.807, 2.05) is 0 Å². The second-order valence-electron chi connectivity index (χ2n) is 6.15. The standard InChI is InChI=1S/C15H21OSi.Zr/c1-15(2,3)17(4,5)16-14-11-7-9-12-8-6-10-13(12)14;/h6-11H,1-5H3;/q-1;. The summed E-state index contributed by atoms with van der Waals surface area (Å²) in [4.78, 5) is 0. The number of benzene rings is 1. The smallest absolute Gasteiger partial charge is 0.249 e. The molecule has 2 aromatic carbocycles. The van der Waals surface area contributed by atoms with Crippen molar-refractivity contribution < 1.29 is 30.6 Å². The van der Waals surface area contributed by atoms with E-state index in [9.17, 15) is 0 Å². The van der Waals surface area contributed by atoms with Crippen molar-refractivity contribution in [2.24, 2.45) is 0 Å². The monoisotopic (exact) mass is 335 g/mol. The third-order valence-electron chi connectivity index (χ3n) is 3.81. The summed E-state index contributed by atoms with van der Waals surface area (Å²) in [7, 11) is -1.74. The third kappa shape index (κ3) is 3.00. The summed E-state index contributed by atoms with van der Waals surface area (Å²) < 4.78 is 6.38. The number of rotatable bonds is 2. The first-order valence-electron chi connectivity index (χ1n) is 6.15. The van der Waals surface area contributed by atoms with Gasteiger partial charge in [0, 0.05) is 26.2 Å². The van der Waals surface area contributed by atoms with Crippen LogP contribution in [0.3, 0.4) is 0 Å². The van der Waals surface area contributed by atoms with Gasteiger partial charge in [-0.3, -0.25) is 0 Å². The maximum Gasteiger partial charge on any atom is 0.249 e. The molecule has 0 aromatic heterocycles. The van der Waals surface area contributed by atoms with Crippen molar-refractivity contribution in [2.75, 3.05) is 0 Å². The summed E-state index contributed by atoms with van der Waals surface area (Å²) in [5, 5.41) is 2.74. The zero-order valence-electron chi connectivity index (χ0n) is 11.9. The molecule has 0 aliphatic heterocycles. The van der Waals surface area contributed by atoms with Gasteiger partial charge >= 0.3 is 0 Å². The fraction of sp³-hybridized carbons (Fsp3) is 0.400. The van der Waals surface area contributed by atoms with E-state index in [4.69, 9.17) is 4.43 Å². The van der Waals surface area contributed by atoms with Crippen LogP contribution in [0.25, 0.3) is 10.8 Å². The van der Waals surface area contributed by atoms with Crippen LogP contribution in [-0.2, 0) is 26.2 Å². The Morgan fingerprint density at radius 3 is 2.39 bits per heavy atom. The molecule has 2 aromatic rings. The zero-order chi connectivity index (χ0) is 12.7. The Kier molecular flexibility index (Phi) is 4.72. The molecular formula is C15H21OSiZr-. The molecule has 0 aliphatic carbocycles. The van der Waals surface area contributed by atoms with E-state index in [-0.39, 0.29) is 31.2 Å². The van der Waals surface area contributed by atoms with Crippen LogP contribution in [0.4, 0.5) is 0 Å². The van der Waals surface area contributed by atoms with Crippen molar-refractivity contribution in [1.82, 2.24) is 0 Å². The van der Waals surface area contributed by atoms with Crippen molar-refractivity contribution in [3.05, 3.63) is 36.4 Å². The predicted octanol–water partition coefficient (Wildman–Crippen LogP) is 4.94. The summed E-state index contributed by atoms with van der Waals surface area (Å²) in [5.74, 6) is 1.04. The summed E-state index contributed by atoms with van der Waals surface area (Å²) in [6.45, 7) is 11.4. The fourth-order valence-electron chi connectivity index (χ4n) is 1.65. The van der Waals surface area contributed by atoms with Crippen molar-refractivity contribution in [1.29, 1.82) is 0 Å². The number of hydrogen-bond acceptors (Lipinski definition) is 1. The number of fused-ring (bicyclic) bond motifs is 1. The van der Waals surface area contributed by atoms with Crippen LogP contribution in [0.2, 0.25) is 18.1 Å². The first-order valence-corrected chi connectivity index (χ1v) is 9.05. The van der Waals surface area contributed by atoms with E-state index in [1.54, 1.807) is 0 Å². The number of hydrogen-bond donors (Lipinski definition) is 0. The van der Waals surface area contributed by atoms with Gasteiger partial charge in [0.25, 0.3) is 0 Å². The van der Waals surface area contributed by atoms with Crippen molar-refractivity contribution >= 4 is 19.1 Å². The van der Waals surface area contributed by atoms with Gasteiger partial charge in [-0.05, 0) is 24.2 Å². The molecule has 0 spiro atoms. The summed E-state index contributed by atoms with van der Waals surface area (Å²) in [6.07, 6.45) is 0. The van der Waals surface area contributed by atoms with Crippen LogP contribution in [0, 0.1) is 0 Å².